The van der Waals surface area contributed by atoms with E-state index in [1.54, 1.807) is 23.5 Å². The zero-order valence-electron chi connectivity index (χ0n) is 14.2. The quantitative estimate of drug-likeness (QED) is 0.337. The van der Waals surface area contributed by atoms with Gasteiger partial charge in [0.25, 0.3) is 5.69 Å². The van der Waals surface area contributed by atoms with Crippen LogP contribution in [0.2, 0.25) is 0 Å². The van der Waals surface area contributed by atoms with Crippen LogP contribution in [0.25, 0.3) is 22.4 Å². The number of nitro benzene ring substituents is 1. The van der Waals surface area contributed by atoms with Crippen LogP contribution in [-0.2, 0) is 0 Å². The first kappa shape index (κ1) is 16.9. The summed E-state index contributed by atoms with van der Waals surface area (Å²) in [5, 5.41) is 16.9. The van der Waals surface area contributed by atoms with E-state index in [0.29, 0.717) is 0 Å². The van der Waals surface area contributed by atoms with Gasteiger partial charge in [-0.2, -0.15) is 0 Å². The van der Waals surface area contributed by atoms with Gasteiger partial charge < -0.3 is 5.32 Å². The summed E-state index contributed by atoms with van der Waals surface area (Å²) in [6.45, 7) is 0. The molecular formula is C21H15N3O2S. The molecule has 0 atom stereocenters. The van der Waals surface area contributed by atoms with Gasteiger partial charge in [-0.05, 0) is 35.4 Å². The number of anilines is 2. The highest BCUT2D eigenvalue weighted by molar-refractivity contribution is 7.14. The molecule has 3 aromatic carbocycles. The highest BCUT2D eigenvalue weighted by atomic mass is 32.1. The maximum atomic E-state index is 10.8. The highest BCUT2D eigenvalue weighted by Gasteiger charge is 2.07. The van der Waals surface area contributed by atoms with E-state index < -0.39 is 4.92 Å². The van der Waals surface area contributed by atoms with Crippen LogP contribution in [-0.4, -0.2) is 9.91 Å². The standard InChI is InChI=1S/C21H15N3O2S/c25-24(26)19-12-10-16(11-13-19)15-6-8-17(9-7-15)20-14-27-21(23-20)22-18-4-2-1-3-5-18/h1-14H,(H,22,23). The minimum absolute atomic E-state index is 0.0938. The normalized spacial score (nSPS) is 10.5. The Labute approximate surface area is 160 Å². The topological polar surface area (TPSA) is 68.1 Å². The molecule has 6 heteroatoms. The van der Waals surface area contributed by atoms with Gasteiger partial charge in [-0.25, -0.2) is 4.98 Å². The van der Waals surface area contributed by atoms with Crippen LogP contribution in [0, 0.1) is 10.1 Å². The molecule has 0 unspecified atom stereocenters. The van der Waals surface area contributed by atoms with Gasteiger partial charge in [0.2, 0.25) is 0 Å². The number of para-hydroxylation sites is 1. The molecular weight excluding hydrogens is 358 g/mol. The van der Waals surface area contributed by atoms with Crippen LogP contribution in [0.3, 0.4) is 0 Å². The van der Waals surface area contributed by atoms with E-state index in [0.717, 1.165) is 33.2 Å². The van der Waals surface area contributed by atoms with Gasteiger partial charge in [-0.3, -0.25) is 10.1 Å². The van der Waals surface area contributed by atoms with Crippen LogP contribution in [0.5, 0.6) is 0 Å². The number of hydrogen-bond donors (Lipinski definition) is 1. The number of non-ortho nitro benzene ring substituents is 1. The third-order valence-electron chi connectivity index (χ3n) is 4.12. The zero-order chi connectivity index (χ0) is 18.6. The lowest BCUT2D eigenvalue weighted by atomic mass is 10.0. The molecule has 0 spiro atoms. The maximum absolute atomic E-state index is 10.8. The number of nitro groups is 1. The fourth-order valence-electron chi connectivity index (χ4n) is 2.72. The van der Waals surface area contributed by atoms with E-state index >= 15 is 0 Å². The van der Waals surface area contributed by atoms with Crippen molar-refractivity contribution in [2.24, 2.45) is 0 Å². The lowest BCUT2D eigenvalue weighted by molar-refractivity contribution is -0.384. The largest absolute Gasteiger partial charge is 0.332 e. The Bertz CT molecular complexity index is 1060. The predicted octanol–water partition coefficient (Wildman–Crippen LogP) is 6.13. The van der Waals surface area contributed by atoms with Crippen molar-refractivity contribution < 1.29 is 4.92 Å². The van der Waals surface area contributed by atoms with E-state index in [2.05, 4.69) is 10.3 Å². The third-order valence-corrected chi connectivity index (χ3v) is 4.88. The van der Waals surface area contributed by atoms with Gasteiger partial charge in [-0.15, -0.1) is 11.3 Å². The fourth-order valence-corrected chi connectivity index (χ4v) is 3.46. The van der Waals surface area contributed by atoms with Gasteiger partial charge in [0.05, 0.1) is 10.6 Å². The molecule has 27 heavy (non-hydrogen) atoms. The van der Waals surface area contributed by atoms with E-state index in [-0.39, 0.29) is 5.69 Å². The summed E-state index contributed by atoms with van der Waals surface area (Å²) in [6, 6.07) is 24.5. The molecule has 0 saturated heterocycles. The lowest BCUT2D eigenvalue weighted by Gasteiger charge is -2.03. The van der Waals surface area contributed by atoms with E-state index in [1.807, 2.05) is 60.0 Å². The Morgan fingerprint density at radius 3 is 2.04 bits per heavy atom. The number of thiazole rings is 1. The molecule has 0 aliphatic carbocycles. The molecule has 0 saturated carbocycles. The third kappa shape index (κ3) is 3.86. The molecule has 4 aromatic rings. The second-order valence-corrected chi connectivity index (χ2v) is 6.77. The van der Waals surface area contributed by atoms with E-state index in [4.69, 9.17) is 0 Å². The molecule has 0 fully saturated rings. The number of nitrogens with one attached hydrogen (secondary N) is 1. The Morgan fingerprint density at radius 1 is 0.815 bits per heavy atom. The molecule has 0 aliphatic heterocycles. The van der Waals surface area contributed by atoms with Crippen LogP contribution in [0.15, 0.2) is 84.2 Å². The summed E-state index contributed by atoms with van der Waals surface area (Å²) in [6.07, 6.45) is 0. The molecule has 1 heterocycles. The summed E-state index contributed by atoms with van der Waals surface area (Å²) >= 11 is 1.56. The van der Waals surface area contributed by atoms with Gasteiger partial charge in [0.15, 0.2) is 5.13 Å². The maximum Gasteiger partial charge on any atom is 0.269 e. The fraction of sp³-hybridized carbons (Fsp3) is 0. The Morgan fingerprint density at radius 2 is 1.41 bits per heavy atom. The number of rotatable bonds is 5. The molecule has 0 aliphatic rings. The number of hydrogen-bond acceptors (Lipinski definition) is 5. The Hall–Kier alpha value is -3.51. The van der Waals surface area contributed by atoms with Crippen molar-refractivity contribution in [3.63, 3.8) is 0 Å². The number of benzene rings is 3. The molecule has 4 rings (SSSR count). The minimum atomic E-state index is -0.393. The van der Waals surface area contributed by atoms with Gasteiger partial charge in [0, 0.05) is 28.8 Å². The summed E-state index contributed by atoms with van der Waals surface area (Å²) in [5.41, 5.74) is 4.98. The first-order valence-electron chi connectivity index (χ1n) is 8.32. The predicted molar refractivity (Wildman–Crippen MR) is 109 cm³/mol. The molecule has 132 valence electrons. The molecule has 5 nitrogen and oxygen atoms in total. The first-order chi connectivity index (χ1) is 13.2. The smallest absolute Gasteiger partial charge is 0.269 e. The zero-order valence-corrected chi connectivity index (χ0v) is 15.0. The van der Waals surface area contributed by atoms with E-state index in [9.17, 15) is 10.1 Å². The second-order valence-electron chi connectivity index (χ2n) is 5.91. The van der Waals surface area contributed by atoms with Gasteiger partial charge in [0.1, 0.15) is 0 Å². The van der Waals surface area contributed by atoms with Crippen molar-refractivity contribution in [2.75, 3.05) is 5.32 Å². The lowest BCUT2D eigenvalue weighted by Crippen LogP contribution is -1.89. The monoisotopic (exact) mass is 373 g/mol. The van der Waals surface area contributed by atoms with Crippen LogP contribution in [0.1, 0.15) is 0 Å². The first-order valence-corrected chi connectivity index (χ1v) is 9.20. The number of nitrogens with zero attached hydrogens (tertiary/aromatic N) is 2. The van der Waals surface area contributed by atoms with Gasteiger partial charge in [-0.1, -0.05) is 42.5 Å². The van der Waals surface area contributed by atoms with Crippen LogP contribution < -0.4 is 5.32 Å². The summed E-state index contributed by atoms with van der Waals surface area (Å²) in [4.78, 5) is 15.0. The van der Waals surface area contributed by atoms with Gasteiger partial charge >= 0.3 is 0 Å². The van der Waals surface area contributed by atoms with Crippen LogP contribution >= 0.6 is 11.3 Å². The molecule has 0 amide bonds. The number of aromatic nitrogens is 1. The Balaban J connectivity index is 1.51. The summed E-state index contributed by atoms with van der Waals surface area (Å²) in [7, 11) is 0. The van der Waals surface area contributed by atoms with Crippen molar-refractivity contribution >= 4 is 27.8 Å². The molecule has 1 N–H and O–H groups in total. The highest BCUT2D eigenvalue weighted by Crippen LogP contribution is 2.29. The van der Waals surface area contributed by atoms with Crippen LogP contribution in [0.4, 0.5) is 16.5 Å². The SMILES string of the molecule is O=[N+]([O-])c1ccc(-c2ccc(-c3csc(Nc4ccccc4)n3)cc2)cc1. The van der Waals surface area contributed by atoms with Crippen molar-refractivity contribution in [3.05, 3.63) is 94.4 Å². The molecule has 0 bridgehead atoms. The molecule has 0 radical (unpaired) electrons. The average Bonchev–Trinajstić information content (AvgIpc) is 3.17. The second kappa shape index (κ2) is 7.39. The van der Waals surface area contributed by atoms with Crippen molar-refractivity contribution in [1.82, 2.24) is 4.98 Å². The van der Waals surface area contributed by atoms with Crippen molar-refractivity contribution in [3.8, 4) is 22.4 Å². The average molecular weight is 373 g/mol. The van der Waals surface area contributed by atoms with Crippen molar-refractivity contribution in [2.45, 2.75) is 0 Å². The minimum Gasteiger partial charge on any atom is -0.332 e. The molecule has 1 aromatic heterocycles. The Kier molecular flexibility index (Phi) is 4.63. The van der Waals surface area contributed by atoms with Crippen molar-refractivity contribution in [1.29, 1.82) is 0 Å². The van der Waals surface area contributed by atoms with E-state index in [1.165, 1.54) is 12.1 Å². The summed E-state index contributed by atoms with van der Waals surface area (Å²) < 4.78 is 0. The summed E-state index contributed by atoms with van der Waals surface area (Å²) in [5.74, 6) is 0.